The molecule has 3 aromatic rings. The number of thiocarbonyl (C=S) groups is 1. The van der Waals surface area contributed by atoms with E-state index >= 15 is 0 Å². The van der Waals surface area contributed by atoms with Crippen molar-refractivity contribution in [1.29, 1.82) is 0 Å². The molecule has 6 heteroatoms. The van der Waals surface area contributed by atoms with Crippen molar-refractivity contribution in [2.24, 2.45) is 0 Å². The van der Waals surface area contributed by atoms with E-state index in [4.69, 9.17) is 23.8 Å². The Labute approximate surface area is 167 Å². The largest absolute Gasteiger partial charge is 0.332 e. The van der Waals surface area contributed by atoms with Gasteiger partial charge in [0.25, 0.3) is 5.91 Å². The number of nitrogens with one attached hydrogen (secondary N) is 2. The van der Waals surface area contributed by atoms with Crippen LogP contribution in [0.1, 0.15) is 41.4 Å². The number of para-hydroxylation sites is 1. The number of thiophene rings is 1. The van der Waals surface area contributed by atoms with Gasteiger partial charge < -0.3 is 5.32 Å². The van der Waals surface area contributed by atoms with E-state index in [0.29, 0.717) is 15.8 Å². The molecule has 3 nitrogen and oxygen atoms in total. The summed E-state index contributed by atoms with van der Waals surface area (Å²) in [6, 6.07) is 15.7. The van der Waals surface area contributed by atoms with Crippen molar-refractivity contribution in [1.82, 2.24) is 5.32 Å². The first-order chi connectivity index (χ1) is 12.5. The number of anilines is 1. The molecule has 0 radical (unpaired) electrons. The van der Waals surface area contributed by atoms with Crippen molar-refractivity contribution >= 4 is 61.9 Å². The SMILES string of the molecule is CCC(C)c1ccccc1NC(=S)NC(=O)c1sc2ccccc2c1Cl. The maximum absolute atomic E-state index is 12.6. The fourth-order valence-electron chi connectivity index (χ4n) is 2.73. The Hall–Kier alpha value is -1.95. The van der Waals surface area contributed by atoms with E-state index in [1.54, 1.807) is 0 Å². The normalized spacial score (nSPS) is 12.0. The van der Waals surface area contributed by atoms with Crippen LogP contribution >= 0.6 is 35.2 Å². The summed E-state index contributed by atoms with van der Waals surface area (Å²) in [7, 11) is 0. The minimum Gasteiger partial charge on any atom is -0.332 e. The lowest BCUT2D eigenvalue weighted by molar-refractivity contribution is 0.0982. The number of hydrogen-bond acceptors (Lipinski definition) is 3. The van der Waals surface area contributed by atoms with Crippen LogP contribution < -0.4 is 10.6 Å². The number of fused-ring (bicyclic) bond motifs is 1. The van der Waals surface area contributed by atoms with Gasteiger partial charge in [-0.2, -0.15) is 0 Å². The quantitative estimate of drug-likeness (QED) is 0.511. The summed E-state index contributed by atoms with van der Waals surface area (Å²) in [4.78, 5) is 13.1. The molecule has 1 aromatic heterocycles. The second-order valence-corrected chi connectivity index (χ2v) is 7.88. The van der Waals surface area contributed by atoms with Gasteiger partial charge >= 0.3 is 0 Å². The van der Waals surface area contributed by atoms with Gasteiger partial charge in [-0.05, 0) is 42.3 Å². The highest BCUT2D eigenvalue weighted by Crippen LogP contribution is 2.35. The van der Waals surface area contributed by atoms with E-state index in [-0.39, 0.29) is 11.0 Å². The molecule has 1 amide bonds. The molecule has 26 heavy (non-hydrogen) atoms. The smallest absolute Gasteiger partial charge is 0.269 e. The molecule has 0 saturated heterocycles. The lowest BCUT2D eigenvalue weighted by Crippen LogP contribution is -2.34. The zero-order valence-electron chi connectivity index (χ0n) is 14.5. The van der Waals surface area contributed by atoms with Gasteiger partial charge in [-0.25, -0.2) is 0 Å². The highest BCUT2D eigenvalue weighted by molar-refractivity contribution is 7.80. The molecule has 1 atom stereocenters. The van der Waals surface area contributed by atoms with Gasteiger partial charge in [-0.1, -0.05) is 61.8 Å². The van der Waals surface area contributed by atoms with E-state index in [2.05, 4.69) is 30.5 Å². The molecule has 0 spiro atoms. The standard InChI is InChI=1S/C20H19ClN2OS2/c1-3-12(2)13-8-4-6-10-15(13)22-20(25)23-19(24)18-17(21)14-9-5-7-11-16(14)26-18/h4-12H,3H2,1-2H3,(H2,22,23,24,25). The minimum atomic E-state index is -0.297. The Bertz CT molecular complexity index is 967. The van der Waals surface area contributed by atoms with E-state index in [9.17, 15) is 4.79 Å². The fraction of sp³-hybridized carbons (Fsp3) is 0.200. The molecule has 0 aliphatic carbocycles. The zero-order chi connectivity index (χ0) is 18.7. The summed E-state index contributed by atoms with van der Waals surface area (Å²) < 4.78 is 0.976. The maximum Gasteiger partial charge on any atom is 0.269 e. The van der Waals surface area contributed by atoms with E-state index in [1.165, 1.54) is 16.9 Å². The van der Waals surface area contributed by atoms with Crippen LogP contribution in [0.2, 0.25) is 5.02 Å². The molecule has 0 bridgehead atoms. The molecule has 0 fully saturated rings. The van der Waals surface area contributed by atoms with Crippen LogP contribution in [0.25, 0.3) is 10.1 Å². The van der Waals surface area contributed by atoms with E-state index in [0.717, 1.165) is 22.2 Å². The maximum atomic E-state index is 12.6. The van der Waals surface area contributed by atoms with Gasteiger partial charge in [0.1, 0.15) is 4.88 Å². The zero-order valence-corrected chi connectivity index (χ0v) is 16.9. The Balaban J connectivity index is 1.76. The fourth-order valence-corrected chi connectivity index (χ4v) is 4.35. The summed E-state index contributed by atoms with van der Waals surface area (Å²) in [6.07, 6.45) is 1.02. The minimum absolute atomic E-state index is 0.263. The number of carbonyl (C=O) groups excluding carboxylic acids is 1. The topological polar surface area (TPSA) is 41.1 Å². The lowest BCUT2D eigenvalue weighted by Gasteiger charge is -2.17. The third kappa shape index (κ3) is 3.90. The highest BCUT2D eigenvalue weighted by Gasteiger charge is 2.18. The third-order valence-corrected chi connectivity index (χ3v) is 6.20. The van der Waals surface area contributed by atoms with Crippen molar-refractivity contribution in [3.63, 3.8) is 0 Å². The average Bonchev–Trinajstić information content (AvgIpc) is 2.98. The monoisotopic (exact) mass is 402 g/mol. The summed E-state index contributed by atoms with van der Waals surface area (Å²) in [5, 5.41) is 7.49. The second kappa shape index (κ2) is 8.16. The number of benzene rings is 2. The molecule has 2 N–H and O–H groups in total. The van der Waals surface area contributed by atoms with Crippen LogP contribution in [0, 0.1) is 0 Å². The van der Waals surface area contributed by atoms with Crippen molar-refractivity contribution in [3.05, 3.63) is 64.0 Å². The molecule has 3 rings (SSSR count). The van der Waals surface area contributed by atoms with Crippen molar-refractivity contribution in [2.75, 3.05) is 5.32 Å². The number of rotatable bonds is 4. The summed E-state index contributed by atoms with van der Waals surface area (Å²) >= 11 is 13.1. The van der Waals surface area contributed by atoms with Crippen molar-refractivity contribution in [2.45, 2.75) is 26.2 Å². The predicted octanol–water partition coefficient (Wildman–Crippen LogP) is 6.20. The van der Waals surface area contributed by atoms with Crippen LogP contribution in [0.4, 0.5) is 5.69 Å². The lowest BCUT2D eigenvalue weighted by atomic mass is 9.97. The van der Waals surface area contributed by atoms with Crippen LogP contribution in [-0.2, 0) is 0 Å². The van der Waals surface area contributed by atoms with E-state index < -0.39 is 0 Å². The second-order valence-electron chi connectivity index (χ2n) is 6.05. The molecule has 1 unspecified atom stereocenters. The third-order valence-electron chi connectivity index (χ3n) is 4.32. The number of carbonyl (C=O) groups is 1. The molecular formula is C20H19ClN2OS2. The Morgan fingerprint density at radius 2 is 1.88 bits per heavy atom. The molecule has 1 heterocycles. The van der Waals surface area contributed by atoms with Gasteiger partial charge in [0.2, 0.25) is 0 Å². The number of halogens is 1. The van der Waals surface area contributed by atoms with E-state index in [1.807, 2.05) is 42.5 Å². The first kappa shape index (κ1) is 18.8. The van der Waals surface area contributed by atoms with Crippen LogP contribution in [0.3, 0.4) is 0 Å². The Morgan fingerprint density at radius 1 is 1.19 bits per heavy atom. The Kier molecular flexibility index (Phi) is 5.91. The molecular weight excluding hydrogens is 384 g/mol. The average molecular weight is 403 g/mol. The van der Waals surface area contributed by atoms with Gasteiger partial charge in [-0.3, -0.25) is 10.1 Å². The van der Waals surface area contributed by atoms with Crippen LogP contribution in [0.5, 0.6) is 0 Å². The summed E-state index contributed by atoms with van der Waals surface area (Å²) in [5.41, 5.74) is 2.08. The predicted molar refractivity (Wildman–Crippen MR) is 116 cm³/mol. The molecule has 2 aromatic carbocycles. The summed E-state index contributed by atoms with van der Waals surface area (Å²) in [6.45, 7) is 4.31. The first-order valence-corrected chi connectivity index (χ1v) is 9.99. The Morgan fingerprint density at radius 3 is 2.62 bits per heavy atom. The van der Waals surface area contributed by atoms with Gasteiger partial charge in [0.05, 0.1) is 5.02 Å². The molecule has 134 valence electrons. The molecule has 0 aliphatic rings. The van der Waals surface area contributed by atoms with Gasteiger partial charge in [0, 0.05) is 15.8 Å². The van der Waals surface area contributed by atoms with Gasteiger partial charge in [0.15, 0.2) is 5.11 Å². The summed E-state index contributed by atoms with van der Waals surface area (Å²) in [5.74, 6) is 0.101. The van der Waals surface area contributed by atoms with Crippen LogP contribution in [-0.4, -0.2) is 11.0 Å². The molecule has 0 saturated carbocycles. The number of hydrogen-bond donors (Lipinski definition) is 2. The molecule has 0 aliphatic heterocycles. The number of amides is 1. The first-order valence-electron chi connectivity index (χ1n) is 8.39. The highest BCUT2D eigenvalue weighted by atomic mass is 35.5. The van der Waals surface area contributed by atoms with Crippen molar-refractivity contribution < 1.29 is 4.79 Å². The van der Waals surface area contributed by atoms with Crippen molar-refractivity contribution in [3.8, 4) is 0 Å². The van der Waals surface area contributed by atoms with Gasteiger partial charge in [-0.15, -0.1) is 11.3 Å². The van der Waals surface area contributed by atoms with Crippen LogP contribution in [0.15, 0.2) is 48.5 Å².